The Balaban J connectivity index is 3.09. The van der Waals surface area contributed by atoms with Gasteiger partial charge in [0.25, 0.3) is 0 Å². The van der Waals surface area contributed by atoms with E-state index in [0.717, 1.165) is 16.7 Å². The Morgan fingerprint density at radius 2 is 2.00 bits per heavy atom. The first-order valence-corrected chi connectivity index (χ1v) is 5.69. The van der Waals surface area contributed by atoms with Crippen LogP contribution < -0.4 is 0 Å². The molecule has 0 saturated carbocycles. The molecular formula is C14H20O3. The molecule has 2 unspecified atom stereocenters. The summed E-state index contributed by atoms with van der Waals surface area (Å²) >= 11 is 0. The molecule has 1 aliphatic carbocycles. The highest BCUT2D eigenvalue weighted by molar-refractivity contribution is 5.48. The van der Waals surface area contributed by atoms with Crippen LogP contribution in [0.2, 0.25) is 0 Å². The minimum atomic E-state index is -0.837. The predicted octanol–water partition coefficient (Wildman–Crippen LogP) is 1.01. The molecule has 0 aromatic carbocycles. The fraction of sp³-hybridized carbons (Fsp3) is 0.571. The molecule has 0 spiro atoms. The van der Waals surface area contributed by atoms with Crippen LogP contribution in [-0.2, 0) is 0 Å². The molecule has 0 aliphatic heterocycles. The number of allylic oxidation sites excluding steroid dienone is 1. The molecule has 0 saturated heterocycles. The lowest BCUT2D eigenvalue weighted by Gasteiger charge is -2.25. The maximum Gasteiger partial charge on any atom is 0.103 e. The third kappa shape index (κ3) is 2.61. The van der Waals surface area contributed by atoms with E-state index in [9.17, 15) is 10.2 Å². The zero-order chi connectivity index (χ0) is 13.2. The molecule has 1 rings (SSSR count). The molecule has 94 valence electrons. The Morgan fingerprint density at radius 3 is 2.41 bits per heavy atom. The average molecular weight is 236 g/mol. The average Bonchev–Trinajstić information content (AvgIpc) is 2.39. The van der Waals surface area contributed by atoms with E-state index in [-0.39, 0.29) is 6.61 Å². The van der Waals surface area contributed by atoms with Crippen molar-refractivity contribution in [3.8, 4) is 11.8 Å². The van der Waals surface area contributed by atoms with Crippen molar-refractivity contribution in [2.24, 2.45) is 5.41 Å². The lowest BCUT2D eigenvalue weighted by molar-refractivity contribution is -0.000139. The van der Waals surface area contributed by atoms with E-state index in [1.807, 2.05) is 20.8 Å². The van der Waals surface area contributed by atoms with E-state index < -0.39 is 17.6 Å². The number of rotatable bonds is 1. The number of hydrogen-bond acceptors (Lipinski definition) is 3. The molecule has 0 heterocycles. The van der Waals surface area contributed by atoms with E-state index in [1.54, 1.807) is 13.0 Å². The van der Waals surface area contributed by atoms with Crippen molar-refractivity contribution in [3.63, 3.8) is 0 Å². The third-order valence-electron chi connectivity index (χ3n) is 3.30. The van der Waals surface area contributed by atoms with Crippen LogP contribution in [0.4, 0.5) is 0 Å². The molecule has 0 radical (unpaired) electrons. The van der Waals surface area contributed by atoms with Crippen molar-refractivity contribution >= 4 is 0 Å². The van der Waals surface area contributed by atoms with Crippen molar-refractivity contribution in [2.75, 3.05) is 6.61 Å². The van der Waals surface area contributed by atoms with Crippen LogP contribution in [0.1, 0.15) is 27.7 Å². The van der Waals surface area contributed by atoms with Crippen molar-refractivity contribution < 1.29 is 15.3 Å². The van der Waals surface area contributed by atoms with Gasteiger partial charge in [0.15, 0.2) is 0 Å². The second-order valence-electron chi connectivity index (χ2n) is 4.99. The maximum atomic E-state index is 9.92. The Bertz CT molecular complexity index is 418. The highest BCUT2D eigenvalue weighted by atomic mass is 16.3. The molecule has 0 aromatic rings. The minimum absolute atomic E-state index is 0.0345. The van der Waals surface area contributed by atoms with Gasteiger partial charge in [0.1, 0.15) is 6.10 Å². The zero-order valence-electron chi connectivity index (χ0n) is 10.8. The van der Waals surface area contributed by atoms with Crippen LogP contribution in [0.3, 0.4) is 0 Å². The highest BCUT2D eigenvalue weighted by Gasteiger charge is 2.44. The van der Waals surface area contributed by atoms with Crippen molar-refractivity contribution in [1.82, 2.24) is 0 Å². The summed E-state index contributed by atoms with van der Waals surface area (Å²) in [5.41, 5.74) is 1.75. The van der Waals surface area contributed by atoms with E-state index in [0.29, 0.717) is 0 Å². The van der Waals surface area contributed by atoms with E-state index in [1.165, 1.54) is 0 Å². The van der Waals surface area contributed by atoms with Gasteiger partial charge >= 0.3 is 0 Å². The summed E-state index contributed by atoms with van der Waals surface area (Å²) < 4.78 is 0. The SMILES string of the molecule is CC(C#CC1=C(C)C(O)C(O)C1(C)C)=CCO. The molecule has 3 nitrogen and oxygen atoms in total. The van der Waals surface area contributed by atoms with E-state index >= 15 is 0 Å². The molecule has 0 fully saturated rings. The van der Waals surface area contributed by atoms with Crippen LogP contribution in [-0.4, -0.2) is 34.1 Å². The van der Waals surface area contributed by atoms with Crippen LogP contribution in [0.25, 0.3) is 0 Å². The molecule has 0 aromatic heterocycles. The lowest BCUT2D eigenvalue weighted by Crippen LogP contribution is -2.33. The maximum absolute atomic E-state index is 9.92. The fourth-order valence-electron chi connectivity index (χ4n) is 2.04. The van der Waals surface area contributed by atoms with Gasteiger partial charge in [-0.2, -0.15) is 0 Å². The van der Waals surface area contributed by atoms with Crippen LogP contribution in [0.15, 0.2) is 22.8 Å². The predicted molar refractivity (Wildman–Crippen MR) is 67.1 cm³/mol. The summed E-state index contributed by atoms with van der Waals surface area (Å²) in [6.45, 7) is 7.30. The van der Waals surface area contributed by atoms with Crippen LogP contribution in [0.5, 0.6) is 0 Å². The van der Waals surface area contributed by atoms with Gasteiger partial charge in [0.2, 0.25) is 0 Å². The largest absolute Gasteiger partial charge is 0.392 e. The second kappa shape index (κ2) is 5.05. The van der Waals surface area contributed by atoms with Gasteiger partial charge in [-0.15, -0.1) is 0 Å². The molecule has 3 N–H and O–H groups in total. The Hall–Kier alpha value is -1.08. The van der Waals surface area contributed by atoms with E-state index in [2.05, 4.69) is 11.8 Å². The normalized spacial score (nSPS) is 28.1. The van der Waals surface area contributed by atoms with Crippen LogP contribution >= 0.6 is 0 Å². The summed E-state index contributed by atoms with van der Waals surface area (Å²) in [6, 6.07) is 0. The molecule has 3 heteroatoms. The number of aliphatic hydroxyl groups excluding tert-OH is 3. The third-order valence-corrected chi connectivity index (χ3v) is 3.30. The standard InChI is InChI=1S/C14H20O3/c1-9(7-8-15)5-6-11-10(2)12(16)13(17)14(11,3)4/h7,12-13,15-17H,8H2,1-4H3. The number of aliphatic hydroxyl groups is 3. The van der Waals surface area contributed by atoms with Gasteiger partial charge in [0.05, 0.1) is 12.7 Å². The fourth-order valence-corrected chi connectivity index (χ4v) is 2.04. The Kier molecular flexibility index (Phi) is 4.16. The molecule has 1 aliphatic rings. The summed E-state index contributed by atoms with van der Waals surface area (Å²) in [5.74, 6) is 5.92. The summed E-state index contributed by atoms with van der Waals surface area (Å²) in [5, 5.41) is 28.5. The quantitative estimate of drug-likeness (QED) is 0.595. The topological polar surface area (TPSA) is 60.7 Å². The van der Waals surface area contributed by atoms with Gasteiger partial charge < -0.3 is 15.3 Å². The Morgan fingerprint density at radius 1 is 1.41 bits per heavy atom. The first kappa shape index (κ1) is 14.0. The summed E-state index contributed by atoms with van der Waals surface area (Å²) in [4.78, 5) is 0. The number of hydrogen-bond donors (Lipinski definition) is 3. The highest BCUT2D eigenvalue weighted by Crippen LogP contribution is 2.42. The van der Waals surface area contributed by atoms with Gasteiger partial charge in [-0.3, -0.25) is 0 Å². The second-order valence-corrected chi connectivity index (χ2v) is 4.99. The van der Waals surface area contributed by atoms with Gasteiger partial charge in [-0.05, 0) is 31.1 Å². The van der Waals surface area contributed by atoms with Crippen molar-refractivity contribution in [1.29, 1.82) is 0 Å². The van der Waals surface area contributed by atoms with Crippen LogP contribution in [0, 0.1) is 17.3 Å². The summed E-state index contributed by atoms with van der Waals surface area (Å²) in [7, 11) is 0. The smallest absolute Gasteiger partial charge is 0.103 e. The lowest BCUT2D eigenvalue weighted by atomic mass is 9.83. The van der Waals surface area contributed by atoms with Gasteiger partial charge in [-0.1, -0.05) is 25.7 Å². The first-order chi connectivity index (χ1) is 7.82. The van der Waals surface area contributed by atoms with Crippen molar-refractivity contribution in [2.45, 2.75) is 39.9 Å². The molecule has 17 heavy (non-hydrogen) atoms. The zero-order valence-corrected chi connectivity index (χ0v) is 10.8. The molecular weight excluding hydrogens is 216 g/mol. The monoisotopic (exact) mass is 236 g/mol. The minimum Gasteiger partial charge on any atom is -0.392 e. The van der Waals surface area contributed by atoms with Gasteiger partial charge in [0, 0.05) is 11.0 Å². The van der Waals surface area contributed by atoms with Crippen molar-refractivity contribution in [3.05, 3.63) is 22.8 Å². The first-order valence-electron chi connectivity index (χ1n) is 5.69. The summed E-state index contributed by atoms with van der Waals surface area (Å²) in [6.07, 6.45) is -0.0251. The molecule has 0 amide bonds. The Labute approximate surface area is 102 Å². The molecule has 0 bridgehead atoms. The molecule has 2 atom stereocenters. The van der Waals surface area contributed by atoms with E-state index in [4.69, 9.17) is 5.11 Å². The van der Waals surface area contributed by atoms with Gasteiger partial charge in [-0.25, -0.2) is 0 Å².